The van der Waals surface area contributed by atoms with Gasteiger partial charge in [-0.15, -0.1) is 0 Å². The molecule has 2 aromatic heterocycles. The molecule has 1 aliphatic carbocycles. The number of hydrogen-bond donors (Lipinski definition) is 1. The zero-order chi connectivity index (χ0) is 13.4. The first-order valence-corrected chi connectivity index (χ1v) is 6.87. The summed E-state index contributed by atoms with van der Waals surface area (Å²) in [6, 6.07) is 2.28. The van der Waals surface area contributed by atoms with Crippen LogP contribution in [0.3, 0.4) is 0 Å². The molecule has 0 spiro atoms. The van der Waals surface area contributed by atoms with Gasteiger partial charge in [0.05, 0.1) is 6.54 Å². The third-order valence-corrected chi connectivity index (χ3v) is 3.39. The highest BCUT2D eigenvalue weighted by Crippen LogP contribution is 2.37. The van der Waals surface area contributed by atoms with Gasteiger partial charge in [-0.25, -0.2) is 0 Å². The van der Waals surface area contributed by atoms with Crippen LogP contribution in [0.15, 0.2) is 21.3 Å². The Hall–Kier alpha value is -1.63. The highest BCUT2D eigenvalue weighted by molar-refractivity contribution is 9.10. The number of hydrogen-bond acceptors (Lipinski definition) is 4. The van der Waals surface area contributed by atoms with Crippen LogP contribution in [-0.4, -0.2) is 20.6 Å². The second-order valence-corrected chi connectivity index (χ2v) is 5.52. The second-order valence-electron chi connectivity index (χ2n) is 4.60. The molecular weight excluding hydrogens is 312 g/mol. The zero-order valence-corrected chi connectivity index (χ0v) is 12.0. The van der Waals surface area contributed by atoms with E-state index < -0.39 is 0 Å². The van der Waals surface area contributed by atoms with Crippen molar-refractivity contribution in [2.24, 2.45) is 0 Å². The number of aryl methyl sites for hydroxylation is 1. The number of nitrogens with one attached hydrogen (secondary N) is 1. The van der Waals surface area contributed by atoms with Gasteiger partial charge in [-0.1, -0.05) is 5.16 Å². The van der Waals surface area contributed by atoms with Gasteiger partial charge in [0.2, 0.25) is 5.89 Å². The molecule has 0 aliphatic heterocycles. The monoisotopic (exact) mass is 324 g/mol. The molecule has 100 valence electrons. The Morgan fingerprint density at radius 2 is 2.42 bits per heavy atom. The Morgan fingerprint density at radius 1 is 1.63 bits per heavy atom. The Balaban J connectivity index is 1.70. The maximum Gasteiger partial charge on any atom is 0.268 e. The van der Waals surface area contributed by atoms with Gasteiger partial charge in [-0.05, 0) is 41.8 Å². The summed E-state index contributed by atoms with van der Waals surface area (Å²) in [4.78, 5) is 16.2. The van der Waals surface area contributed by atoms with E-state index in [1.54, 1.807) is 6.92 Å². The largest absolute Gasteiger partial charge is 0.342 e. The number of carbonyl (C=O) groups is 1. The van der Waals surface area contributed by atoms with Gasteiger partial charge >= 0.3 is 0 Å². The van der Waals surface area contributed by atoms with Crippen molar-refractivity contribution < 1.29 is 9.32 Å². The minimum Gasteiger partial charge on any atom is -0.342 e. The maximum absolute atomic E-state index is 12.1. The van der Waals surface area contributed by atoms with Crippen molar-refractivity contribution in [2.45, 2.75) is 32.4 Å². The first kappa shape index (κ1) is 12.4. The van der Waals surface area contributed by atoms with Gasteiger partial charge in [-0.3, -0.25) is 4.79 Å². The Bertz CT molecular complexity index is 615. The van der Waals surface area contributed by atoms with Crippen molar-refractivity contribution in [2.75, 3.05) is 0 Å². The van der Waals surface area contributed by atoms with E-state index in [0.29, 0.717) is 23.5 Å². The number of carbonyl (C=O) groups excluding carboxylic acids is 1. The first-order chi connectivity index (χ1) is 9.13. The molecule has 1 saturated carbocycles. The van der Waals surface area contributed by atoms with Crippen molar-refractivity contribution in [3.63, 3.8) is 0 Å². The van der Waals surface area contributed by atoms with Gasteiger partial charge in [0, 0.05) is 16.7 Å². The van der Waals surface area contributed by atoms with Crippen molar-refractivity contribution in [1.29, 1.82) is 0 Å². The first-order valence-electron chi connectivity index (χ1n) is 6.08. The molecule has 0 saturated heterocycles. The van der Waals surface area contributed by atoms with Crippen LogP contribution in [0.5, 0.6) is 0 Å². The lowest BCUT2D eigenvalue weighted by molar-refractivity contribution is 0.0936. The van der Waals surface area contributed by atoms with Gasteiger partial charge < -0.3 is 14.4 Å². The average molecular weight is 325 g/mol. The predicted octanol–water partition coefficient (Wildman–Crippen LogP) is 2.21. The maximum atomic E-state index is 12.1. The normalized spacial score (nSPS) is 14.6. The van der Waals surface area contributed by atoms with Gasteiger partial charge in [0.25, 0.3) is 5.91 Å². The quantitative estimate of drug-likeness (QED) is 0.935. The molecule has 1 amide bonds. The second kappa shape index (κ2) is 4.80. The lowest BCUT2D eigenvalue weighted by Gasteiger charge is -2.06. The fraction of sp³-hybridized carbons (Fsp3) is 0.417. The minimum absolute atomic E-state index is 0.131. The van der Waals surface area contributed by atoms with Crippen molar-refractivity contribution in [3.05, 3.63) is 34.1 Å². The van der Waals surface area contributed by atoms with Gasteiger partial charge in [-0.2, -0.15) is 4.98 Å². The van der Waals surface area contributed by atoms with E-state index in [1.165, 1.54) is 0 Å². The smallest absolute Gasteiger partial charge is 0.268 e. The molecule has 0 atom stereocenters. The summed E-state index contributed by atoms with van der Waals surface area (Å²) in [6.45, 7) is 1.98. The number of rotatable bonds is 4. The van der Waals surface area contributed by atoms with Crippen molar-refractivity contribution in [1.82, 2.24) is 20.0 Å². The van der Waals surface area contributed by atoms with Crippen molar-refractivity contribution >= 4 is 21.8 Å². The van der Waals surface area contributed by atoms with Crippen LogP contribution in [-0.2, 0) is 6.54 Å². The highest BCUT2D eigenvalue weighted by atomic mass is 79.9. The lowest BCUT2D eigenvalue weighted by Crippen LogP contribution is -2.25. The van der Waals surface area contributed by atoms with Crippen LogP contribution in [0.1, 0.15) is 41.1 Å². The molecule has 2 aromatic rings. The molecule has 1 fully saturated rings. The van der Waals surface area contributed by atoms with Gasteiger partial charge in [0.15, 0.2) is 5.82 Å². The lowest BCUT2D eigenvalue weighted by atomic mass is 10.4. The molecule has 3 rings (SSSR count). The minimum atomic E-state index is -0.131. The highest BCUT2D eigenvalue weighted by Gasteiger charge is 2.27. The molecular formula is C12H13BrN4O2. The SMILES string of the molecule is Cc1noc(CNC(=O)c2cc(Br)cn2C2CC2)n1. The summed E-state index contributed by atoms with van der Waals surface area (Å²) >= 11 is 3.41. The predicted molar refractivity (Wildman–Crippen MR) is 70.6 cm³/mol. The van der Waals surface area contributed by atoms with E-state index in [0.717, 1.165) is 17.3 Å². The standard InChI is InChI=1S/C12H13BrN4O2/c1-7-15-11(19-16-7)5-14-12(18)10-4-8(13)6-17(10)9-2-3-9/h4,6,9H,2-3,5H2,1H3,(H,14,18). The summed E-state index contributed by atoms with van der Waals surface area (Å²) < 4.78 is 7.88. The van der Waals surface area contributed by atoms with E-state index in [-0.39, 0.29) is 12.5 Å². The fourth-order valence-electron chi connectivity index (χ4n) is 1.94. The molecule has 0 unspecified atom stereocenters. The molecule has 6 nitrogen and oxygen atoms in total. The fourth-order valence-corrected chi connectivity index (χ4v) is 2.38. The molecule has 19 heavy (non-hydrogen) atoms. The third kappa shape index (κ3) is 2.70. The topological polar surface area (TPSA) is 73.0 Å². The van der Waals surface area contributed by atoms with E-state index >= 15 is 0 Å². The molecule has 0 bridgehead atoms. The van der Waals surface area contributed by atoms with Crippen LogP contribution < -0.4 is 5.32 Å². The zero-order valence-electron chi connectivity index (χ0n) is 10.4. The molecule has 0 aromatic carbocycles. The van der Waals surface area contributed by atoms with Crippen LogP contribution in [0.25, 0.3) is 0 Å². The third-order valence-electron chi connectivity index (χ3n) is 2.96. The molecule has 1 N–H and O–H groups in total. The van der Waals surface area contributed by atoms with E-state index in [4.69, 9.17) is 4.52 Å². The number of halogens is 1. The van der Waals surface area contributed by atoms with Crippen molar-refractivity contribution in [3.8, 4) is 0 Å². The van der Waals surface area contributed by atoms with Gasteiger partial charge in [0.1, 0.15) is 5.69 Å². The summed E-state index contributed by atoms with van der Waals surface area (Å²) in [7, 11) is 0. The number of amides is 1. The molecule has 2 heterocycles. The molecule has 1 aliphatic rings. The summed E-state index contributed by atoms with van der Waals surface area (Å²) in [5.41, 5.74) is 0.658. The number of nitrogens with zero attached hydrogens (tertiary/aromatic N) is 3. The van der Waals surface area contributed by atoms with E-state index in [2.05, 4.69) is 31.4 Å². The summed E-state index contributed by atoms with van der Waals surface area (Å²) in [6.07, 6.45) is 4.21. The summed E-state index contributed by atoms with van der Waals surface area (Å²) in [5, 5.41) is 6.47. The van der Waals surface area contributed by atoms with E-state index in [1.807, 2.05) is 16.8 Å². The van der Waals surface area contributed by atoms with Crippen LogP contribution in [0.2, 0.25) is 0 Å². The Labute approximate surface area is 118 Å². The van der Waals surface area contributed by atoms with Crippen LogP contribution in [0, 0.1) is 6.92 Å². The Kier molecular flexibility index (Phi) is 3.14. The summed E-state index contributed by atoms with van der Waals surface area (Å²) in [5.74, 6) is 0.844. The van der Waals surface area contributed by atoms with E-state index in [9.17, 15) is 4.79 Å². The average Bonchev–Trinajstić information content (AvgIpc) is 3.03. The number of aromatic nitrogens is 3. The van der Waals surface area contributed by atoms with Crippen LogP contribution in [0.4, 0.5) is 0 Å². The Morgan fingerprint density at radius 3 is 3.05 bits per heavy atom. The molecule has 0 radical (unpaired) electrons. The molecule has 7 heteroatoms. The van der Waals surface area contributed by atoms with Crippen LogP contribution >= 0.6 is 15.9 Å².